The second kappa shape index (κ2) is 9.98. The molecule has 1 fully saturated rings. The summed E-state index contributed by atoms with van der Waals surface area (Å²) in [5, 5.41) is 6.14. The van der Waals surface area contributed by atoms with Gasteiger partial charge in [0.2, 0.25) is 15.2 Å². The minimum Gasteiger partial charge on any atom is -0.267 e. The third kappa shape index (κ3) is 5.06. The number of hydrogen-bond acceptors (Lipinski definition) is 6. The number of amides is 1. The maximum Gasteiger partial charge on any atom is 0.280 e. The molecule has 5 rings (SSSR count). The van der Waals surface area contributed by atoms with Gasteiger partial charge >= 0.3 is 0 Å². The number of hydrazone groups is 1. The zero-order chi connectivity index (χ0) is 24.4. The van der Waals surface area contributed by atoms with Crippen LogP contribution in [0.25, 0.3) is 10.2 Å². The number of nitrogens with zero attached hydrogens (tertiary/aromatic N) is 4. The van der Waals surface area contributed by atoms with Crippen LogP contribution >= 0.6 is 27.3 Å². The highest BCUT2D eigenvalue weighted by Crippen LogP contribution is 2.32. The van der Waals surface area contributed by atoms with Crippen LogP contribution in [-0.4, -0.2) is 42.9 Å². The van der Waals surface area contributed by atoms with Crippen LogP contribution in [-0.2, 0) is 10.0 Å². The van der Waals surface area contributed by atoms with Gasteiger partial charge in [-0.1, -0.05) is 57.6 Å². The van der Waals surface area contributed by atoms with Gasteiger partial charge in [-0.25, -0.2) is 13.4 Å². The number of carbonyl (C=O) groups excluding carboxylic acids is 1. The number of halogens is 1. The van der Waals surface area contributed by atoms with Crippen LogP contribution in [0.1, 0.15) is 28.8 Å². The van der Waals surface area contributed by atoms with Crippen molar-refractivity contribution >= 4 is 64.8 Å². The molecule has 0 spiro atoms. The topological polar surface area (TPSA) is 82.9 Å². The monoisotopic (exact) mass is 568 g/mol. The van der Waals surface area contributed by atoms with Gasteiger partial charge in [0.25, 0.3) is 5.91 Å². The molecule has 0 N–H and O–H groups in total. The predicted octanol–water partition coefficient (Wildman–Crippen LogP) is 5.52. The van der Waals surface area contributed by atoms with Crippen molar-refractivity contribution in [2.75, 3.05) is 18.1 Å². The maximum atomic E-state index is 13.5. The Kier molecular flexibility index (Phi) is 6.79. The molecule has 4 aromatic rings. The van der Waals surface area contributed by atoms with Crippen LogP contribution in [0.15, 0.2) is 87.3 Å². The van der Waals surface area contributed by atoms with Crippen LogP contribution in [0.5, 0.6) is 0 Å². The standard InChI is InChI=1S/C25H21BrN4O3S2/c26-20-10-13-22-23(16-20)34-25(28-22)30(27-17-18-6-2-1-3-7-18)24(31)19-8-11-21(12-9-19)35(32,33)29-14-4-5-15-29/h1-3,6-13,16-17H,4-5,14-15H2/b27-17+. The summed E-state index contributed by atoms with van der Waals surface area (Å²) in [4.78, 5) is 18.3. The Hall–Kier alpha value is -2.92. The first-order valence-electron chi connectivity index (χ1n) is 11.0. The number of rotatable bonds is 6. The molecule has 7 nitrogen and oxygen atoms in total. The molecule has 3 aromatic carbocycles. The molecular weight excluding hydrogens is 548 g/mol. The quantitative estimate of drug-likeness (QED) is 0.226. The molecule has 1 saturated heterocycles. The number of benzene rings is 3. The zero-order valence-electron chi connectivity index (χ0n) is 18.5. The highest BCUT2D eigenvalue weighted by Gasteiger charge is 2.28. The minimum atomic E-state index is -3.56. The number of aromatic nitrogens is 1. The number of thiazole rings is 1. The Labute approximate surface area is 215 Å². The number of sulfonamides is 1. The Morgan fingerprint density at radius 3 is 2.46 bits per heavy atom. The molecule has 0 unspecified atom stereocenters. The van der Waals surface area contributed by atoms with Gasteiger partial charge in [-0.15, -0.1) is 0 Å². The van der Waals surface area contributed by atoms with E-state index >= 15 is 0 Å². The van der Waals surface area contributed by atoms with E-state index in [-0.39, 0.29) is 4.90 Å². The molecule has 35 heavy (non-hydrogen) atoms. The van der Waals surface area contributed by atoms with E-state index in [1.165, 1.54) is 44.9 Å². The molecule has 1 aromatic heterocycles. The number of hydrogen-bond donors (Lipinski definition) is 0. The van der Waals surface area contributed by atoms with E-state index in [2.05, 4.69) is 26.0 Å². The van der Waals surface area contributed by atoms with E-state index in [0.29, 0.717) is 23.8 Å². The van der Waals surface area contributed by atoms with Gasteiger partial charge < -0.3 is 0 Å². The van der Waals surface area contributed by atoms with Gasteiger partial charge in [-0.05, 0) is 60.9 Å². The lowest BCUT2D eigenvalue weighted by atomic mass is 10.2. The van der Waals surface area contributed by atoms with Crippen LogP contribution in [0.3, 0.4) is 0 Å². The fraction of sp³-hybridized carbons (Fsp3) is 0.160. The molecule has 10 heteroatoms. The highest BCUT2D eigenvalue weighted by molar-refractivity contribution is 9.10. The summed E-state index contributed by atoms with van der Waals surface area (Å²) in [6, 6.07) is 21.2. The largest absolute Gasteiger partial charge is 0.280 e. The minimum absolute atomic E-state index is 0.181. The first-order valence-corrected chi connectivity index (χ1v) is 14.1. The van der Waals surface area contributed by atoms with Crippen LogP contribution in [0, 0.1) is 0 Å². The van der Waals surface area contributed by atoms with Gasteiger partial charge in [-0.2, -0.15) is 14.4 Å². The molecule has 1 amide bonds. The van der Waals surface area contributed by atoms with E-state index in [9.17, 15) is 13.2 Å². The van der Waals surface area contributed by atoms with Crippen molar-refractivity contribution in [3.63, 3.8) is 0 Å². The Morgan fingerprint density at radius 2 is 1.74 bits per heavy atom. The van der Waals surface area contributed by atoms with E-state index < -0.39 is 15.9 Å². The number of anilines is 1. The Morgan fingerprint density at radius 1 is 1.03 bits per heavy atom. The summed E-state index contributed by atoms with van der Waals surface area (Å²) in [6.07, 6.45) is 3.33. The smallest absolute Gasteiger partial charge is 0.267 e. The molecule has 1 aliphatic rings. The molecule has 0 atom stereocenters. The molecule has 0 bridgehead atoms. The van der Waals surface area contributed by atoms with E-state index in [0.717, 1.165) is 33.1 Å². The normalized spacial score (nSPS) is 14.7. The summed E-state index contributed by atoms with van der Waals surface area (Å²) in [5.74, 6) is -0.402. The highest BCUT2D eigenvalue weighted by atomic mass is 79.9. The lowest BCUT2D eigenvalue weighted by molar-refractivity contribution is 0.0987. The first-order chi connectivity index (χ1) is 16.9. The van der Waals surface area contributed by atoms with Crippen molar-refractivity contribution in [3.05, 3.63) is 88.4 Å². The summed E-state index contributed by atoms with van der Waals surface area (Å²) in [7, 11) is -3.56. The van der Waals surface area contributed by atoms with Gasteiger partial charge in [0, 0.05) is 23.1 Å². The van der Waals surface area contributed by atoms with Gasteiger partial charge in [0.15, 0.2) is 0 Å². The maximum absolute atomic E-state index is 13.5. The van der Waals surface area contributed by atoms with Crippen molar-refractivity contribution in [1.82, 2.24) is 9.29 Å². The van der Waals surface area contributed by atoms with Crippen LogP contribution < -0.4 is 5.01 Å². The molecular formula is C25H21BrN4O3S2. The number of fused-ring (bicyclic) bond motifs is 1. The summed E-state index contributed by atoms with van der Waals surface area (Å²) in [5.41, 5.74) is 1.91. The molecule has 1 aliphatic heterocycles. The SMILES string of the molecule is O=C(c1ccc(S(=O)(=O)N2CCCC2)cc1)N(/N=C/c1ccccc1)c1nc2ccc(Br)cc2s1. The van der Waals surface area contributed by atoms with Gasteiger partial charge in [0.05, 0.1) is 21.3 Å². The van der Waals surface area contributed by atoms with Crippen molar-refractivity contribution < 1.29 is 13.2 Å². The zero-order valence-corrected chi connectivity index (χ0v) is 21.8. The summed E-state index contributed by atoms with van der Waals surface area (Å²) >= 11 is 4.82. The van der Waals surface area contributed by atoms with Gasteiger partial charge in [0.1, 0.15) is 0 Å². The Balaban J connectivity index is 1.49. The molecule has 0 aliphatic carbocycles. The van der Waals surface area contributed by atoms with Crippen LogP contribution in [0.2, 0.25) is 0 Å². The summed E-state index contributed by atoms with van der Waals surface area (Å²) in [6.45, 7) is 1.05. The second-order valence-electron chi connectivity index (χ2n) is 8.02. The molecule has 0 radical (unpaired) electrons. The average Bonchev–Trinajstić information content (AvgIpc) is 3.55. The fourth-order valence-corrected chi connectivity index (χ4v) is 6.79. The van der Waals surface area contributed by atoms with Gasteiger partial charge in [-0.3, -0.25) is 4.79 Å². The third-order valence-corrected chi connectivity index (χ3v) is 9.04. The molecule has 178 valence electrons. The van der Waals surface area contributed by atoms with Crippen molar-refractivity contribution in [1.29, 1.82) is 0 Å². The Bertz CT molecular complexity index is 1500. The lowest BCUT2D eigenvalue weighted by Gasteiger charge is -2.16. The summed E-state index contributed by atoms with van der Waals surface area (Å²) < 4.78 is 29.0. The predicted molar refractivity (Wildman–Crippen MR) is 143 cm³/mol. The van der Waals surface area contributed by atoms with Crippen LogP contribution in [0.4, 0.5) is 5.13 Å². The molecule has 0 saturated carbocycles. The number of carbonyl (C=O) groups is 1. The van der Waals surface area contributed by atoms with Crippen molar-refractivity contribution in [3.8, 4) is 0 Å². The average molecular weight is 570 g/mol. The lowest BCUT2D eigenvalue weighted by Crippen LogP contribution is -2.28. The second-order valence-corrected chi connectivity index (χ2v) is 11.9. The first kappa shape index (κ1) is 23.8. The third-order valence-electron chi connectivity index (χ3n) is 5.64. The fourth-order valence-electron chi connectivity index (χ4n) is 3.80. The van der Waals surface area contributed by atoms with E-state index in [1.54, 1.807) is 6.21 Å². The van der Waals surface area contributed by atoms with E-state index in [1.807, 2.05) is 48.5 Å². The van der Waals surface area contributed by atoms with Crippen molar-refractivity contribution in [2.24, 2.45) is 5.10 Å². The van der Waals surface area contributed by atoms with E-state index in [4.69, 9.17) is 0 Å². The van der Waals surface area contributed by atoms with Crippen molar-refractivity contribution in [2.45, 2.75) is 17.7 Å². The molecule has 2 heterocycles.